The molecule has 8 nitrogen and oxygen atoms in total. The quantitative estimate of drug-likeness (QED) is 0.756. The lowest BCUT2D eigenvalue weighted by molar-refractivity contribution is 0.0854. The zero-order valence-corrected chi connectivity index (χ0v) is 16.6. The van der Waals surface area contributed by atoms with Crippen LogP contribution in [-0.2, 0) is 0 Å². The summed E-state index contributed by atoms with van der Waals surface area (Å²) in [4.78, 5) is 38.4. The van der Waals surface area contributed by atoms with Crippen molar-refractivity contribution < 1.29 is 14.7 Å². The van der Waals surface area contributed by atoms with E-state index in [-0.39, 0.29) is 30.9 Å². The molecule has 0 saturated carbocycles. The third kappa shape index (κ3) is 3.80. The number of anilines is 3. The van der Waals surface area contributed by atoms with Gasteiger partial charge in [-0.15, -0.1) is 0 Å². The van der Waals surface area contributed by atoms with E-state index in [1.807, 2.05) is 26.0 Å². The summed E-state index contributed by atoms with van der Waals surface area (Å²) in [6.07, 6.45) is 2.64. The number of aliphatic hydroxyl groups excluding tert-OH is 1. The molecule has 0 radical (unpaired) electrons. The average molecular weight is 395 g/mol. The van der Waals surface area contributed by atoms with Crippen LogP contribution < -0.4 is 15.1 Å². The second-order valence-electron chi connectivity index (χ2n) is 8.37. The van der Waals surface area contributed by atoms with Crippen molar-refractivity contribution in [1.29, 1.82) is 0 Å². The predicted molar refractivity (Wildman–Crippen MR) is 110 cm³/mol. The van der Waals surface area contributed by atoms with Gasteiger partial charge < -0.3 is 10.0 Å². The number of carbonyl (C=O) groups is 2. The molecule has 1 saturated heterocycles. The molecule has 1 fully saturated rings. The van der Waals surface area contributed by atoms with Gasteiger partial charge in [0.25, 0.3) is 0 Å². The minimum absolute atomic E-state index is 0.00190. The zero-order valence-electron chi connectivity index (χ0n) is 16.6. The molecule has 2 N–H and O–H groups in total. The molecule has 8 heteroatoms. The summed E-state index contributed by atoms with van der Waals surface area (Å²) in [5.74, 6) is 0.820. The Labute approximate surface area is 169 Å². The number of urea groups is 1. The van der Waals surface area contributed by atoms with E-state index < -0.39 is 5.41 Å². The van der Waals surface area contributed by atoms with Crippen LogP contribution in [0.1, 0.15) is 37.2 Å². The van der Waals surface area contributed by atoms with E-state index in [1.165, 1.54) is 0 Å². The average Bonchev–Trinajstić information content (AvgIpc) is 3.12. The van der Waals surface area contributed by atoms with Crippen molar-refractivity contribution in [2.24, 2.45) is 5.41 Å². The van der Waals surface area contributed by atoms with Gasteiger partial charge in [-0.3, -0.25) is 15.0 Å². The molecule has 4 heterocycles. The lowest BCUT2D eigenvalue weighted by atomic mass is 9.87. The SMILES string of the molecule is CC(C)(CO)CC(=O)c1ccc2c(n1)N(C(=O)Nc1ccccn1)[C@H]1CCN2C1. The highest BCUT2D eigenvalue weighted by Crippen LogP contribution is 2.39. The van der Waals surface area contributed by atoms with Crippen LogP contribution in [0.5, 0.6) is 0 Å². The topological polar surface area (TPSA) is 98.7 Å². The summed E-state index contributed by atoms with van der Waals surface area (Å²) >= 11 is 0. The fraction of sp³-hybridized carbons (Fsp3) is 0.429. The number of hydrogen-bond donors (Lipinski definition) is 2. The Morgan fingerprint density at radius 2 is 2.10 bits per heavy atom. The van der Waals surface area contributed by atoms with Crippen LogP contribution >= 0.6 is 0 Å². The number of aliphatic hydroxyl groups is 1. The lowest BCUT2D eigenvalue weighted by Gasteiger charge is -2.35. The number of Topliss-reactive ketones (excluding diaryl/α,β-unsaturated/α-hetero) is 1. The molecule has 2 aromatic rings. The molecular weight excluding hydrogens is 370 g/mol. The van der Waals surface area contributed by atoms with Crippen molar-refractivity contribution in [3.8, 4) is 0 Å². The molecule has 0 aliphatic carbocycles. The predicted octanol–water partition coefficient (Wildman–Crippen LogP) is 2.70. The minimum Gasteiger partial charge on any atom is -0.396 e. The van der Waals surface area contributed by atoms with E-state index in [0.29, 0.717) is 17.3 Å². The van der Waals surface area contributed by atoms with Crippen LogP contribution in [0.25, 0.3) is 0 Å². The van der Waals surface area contributed by atoms with E-state index in [2.05, 4.69) is 20.2 Å². The van der Waals surface area contributed by atoms with E-state index >= 15 is 0 Å². The Kier molecular flexibility index (Phi) is 4.96. The molecule has 2 aliphatic heterocycles. The van der Waals surface area contributed by atoms with Gasteiger partial charge in [0.2, 0.25) is 0 Å². The number of ketones is 1. The number of nitrogens with zero attached hydrogens (tertiary/aromatic N) is 4. The molecule has 29 heavy (non-hydrogen) atoms. The normalized spacial score (nSPS) is 17.8. The minimum atomic E-state index is -0.521. The molecule has 0 aromatic carbocycles. The molecule has 1 atom stereocenters. The Morgan fingerprint density at radius 3 is 2.83 bits per heavy atom. The van der Waals surface area contributed by atoms with Gasteiger partial charge >= 0.3 is 6.03 Å². The maximum atomic E-state index is 13.1. The van der Waals surface area contributed by atoms with E-state index in [4.69, 9.17) is 0 Å². The Bertz CT molecular complexity index is 931. The monoisotopic (exact) mass is 395 g/mol. The van der Waals surface area contributed by atoms with Crippen LogP contribution in [0.15, 0.2) is 36.5 Å². The highest BCUT2D eigenvalue weighted by Gasteiger charge is 2.40. The highest BCUT2D eigenvalue weighted by molar-refractivity contribution is 6.05. The van der Waals surface area contributed by atoms with Gasteiger partial charge in [-0.2, -0.15) is 0 Å². The summed E-state index contributed by atoms with van der Waals surface area (Å²) in [5, 5.41) is 12.3. The smallest absolute Gasteiger partial charge is 0.329 e. The molecule has 2 aromatic heterocycles. The van der Waals surface area contributed by atoms with Crippen molar-refractivity contribution in [3.63, 3.8) is 0 Å². The number of pyridine rings is 2. The Hall–Kier alpha value is -3.00. The first-order valence-corrected chi connectivity index (χ1v) is 9.79. The molecule has 2 aliphatic rings. The van der Waals surface area contributed by atoms with Crippen LogP contribution in [-0.4, -0.2) is 52.6 Å². The second-order valence-corrected chi connectivity index (χ2v) is 8.37. The molecular formula is C21H25N5O3. The standard InChI is InChI=1S/C21H25N5O3/c1-21(2,13-27)11-17(28)15-6-7-16-19(23-15)26(14-8-10-25(16)12-14)20(29)24-18-5-3-4-9-22-18/h3-7,9,14,27H,8,10-13H2,1-2H3,(H,22,24,29)/t14-/m0/s1. The van der Waals surface area contributed by atoms with Gasteiger partial charge in [0.05, 0.1) is 11.7 Å². The highest BCUT2D eigenvalue weighted by atomic mass is 16.3. The first kappa shape index (κ1) is 19.3. The number of hydrogen-bond acceptors (Lipinski definition) is 6. The lowest BCUT2D eigenvalue weighted by Crippen LogP contribution is -2.48. The van der Waals surface area contributed by atoms with Crippen molar-refractivity contribution in [2.75, 3.05) is 34.8 Å². The van der Waals surface area contributed by atoms with Gasteiger partial charge in [0, 0.05) is 32.3 Å². The van der Waals surface area contributed by atoms with Gasteiger partial charge in [-0.25, -0.2) is 14.8 Å². The number of amides is 2. The summed E-state index contributed by atoms with van der Waals surface area (Å²) in [5.41, 5.74) is 0.643. The van der Waals surface area contributed by atoms with Gasteiger partial charge in [0.15, 0.2) is 11.6 Å². The van der Waals surface area contributed by atoms with Gasteiger partial charge in [-0.05, 0) is 36.1 Å². The van der Waals surface area contributed by atoms with E-state index in [1.54, 1.807) is 29.3 Å². The molecule has 0 spiro atoms. The second kappa shape index (κ2) is 7.44. The summed E-state index contributed by atoms with van der Waals surface area (Å²) in [6.45, 7) is 5.18. The van der Waals surface area contributed by atoms with Crippen molar-refractivity contribution in [2.45, 2.75) is 32.7 Å². The third-order valence-corrected chi connectivity index (χ3v) is 5.42. The Morgan fingerprint density at radius 1 is 1.28 bits per heavy atom. The Balaban J connectivity index is 1.65. The first-order chi connectivity index (χ1) is 13.9. The summed E-state index contributed by atoms with van der Waals surface area (Å²) in [7, 11) is 0. The van der Waals surface area contributed by atoms with Gasteiger partial charge in [-0.1, -0.05) is 19.9 Å². The largest absolute Gasteiger partial charge is 0.396 e. The van der Waals surface area contributed by atoms with E-state index in [0.717, 1.165) is 25.2 Å². The van der Waals surface area contributed by atoms with Crippen LogP contribution in [0.4, 0.5) is 22.1 Å². The molecule has 2 amide bonds. The third-order valence-electron chi connectivity index (χ3n) is 5.42. The number of fused-ring (bicyclic) bond motifs is 4. The first-order valence-electron chi connectivity index (χ1n) is 9.79. The van der Waals surface area contributed by atoms with Gasteiger partial charge in [0.1, 0.15) is 11.5 Å². The van der Waals surface area contributed by atoms with Crippen LogP contribution in [0.2, 0.25) is 0 Å². The number of nitrogens with one attached hydrogen (secondary N) is 1. The van der Waals surface area contributed by atoms with Crippen LogP contribution in [0, 0.1) is 5.41 Å². The number of carbonyl (C=O) groups excluding carboxylic acids is 2. The van der Waals surface area contributed by atoms with Crippen molar-refractivity contribution in [1.82, 2.24) is 9.97 Å². The molecule has 0 unspecified atom stereocenters. The maximum Gasteiger partial charge on any atom is 0.329 e. The van der Waals surface area contributed by atoms with Crippen LogP contribution in [0.3, 0.4) is 0 Å². The molecule has 4 rings (SSSR count). The number of aromatic nitrogens is 2. The zero-order chi connectivity index (χ0) is 20.6. The molecule has 152 valence electrons. The summed E-state index contributed by atoms with van der Waals surface area (Å²) in [6, 6.07) is 8.60. The summed E-state index contributed by atoms with van der Waals surface area (Å²) < 4.78 is 0. The molecule has 2 bridgehead atoms. The van der Waals surface area contributed by atoms with E-state index in [9.17, 15) is 14.7 Å². The fourth-order valence-electron chi connectivity index (χ4n) is 3.81. The van der Waals surface area contributed by atoms with Crippen molar-refractivity contribution in [3.05, 3.63) is 42.2 Å². The van der Waals surface area contributed by atoms with Crippen molar-refractivity contribution >= 4 is 29.1 Å². The maximum absolute atomic E-state index is 13.1. The number of rotatable bonds is 5. The fourth-order valence-corrected chi connectivity index (χ4v) is 3.81.